The molecule has 7 heteroatoms. The molecule has 2 aliphatic rings. The van der Waals surface area contributed by atoms with Gasteiger partial charge in [-0.1, -0.05) is 0 Å². The first-order valence-corrected chi connectivity index (χ1v) is 9.28. The minimum atomic E-state index is 0.404. The summed E-state index contributed by atoms with van der Waals surface area (Å²) in [6, 6.07) is 4.37. The highest BCUT2D eigenvalue weighted by molar-refractivity contribution is 5.61. The van der Waals surface area contributed by atoms with Gasteiger partial charge in [-0.05, 0) is 44.2 Å². The van der Waals surface area contributed by atoms with E-state index in [4.69, 9.17) is 9.97 Å². The fraction of sp³-hybridized carbons (Fsp3) is 0.421. The van der Waals surface area contributed by atoms with Crippen LogP contribution in [0.3, 0.4) is 0 Å². The third kappa shape index (κ3) is 2.73. The highest BCUT2D eigenvalue weighted by Crippen LogP contribution is 2.35. The van der Waals surface area contributed by atoms with Crippen molar-refractivity contribution in [3.8, 4) is 11.4 Å². The van der Waals surface area contributed by atoms with Crippen LogP contribution in [0.5, 0.6) is 0 Å². The number of fused-ring (bicyclic) bond motifs is 1. The van der Waals surface area contributed by atoms with Crippen LogP contribution in [0, 0.1) is 0 Å². The van der Waals surface area contributed by atoms with Gasteiger partial charge in [0.25, 0.3) is 0 Å². The van der Waals surface area contributed by atoms with Crippen LogP contribution in [0.15, 0.2) is 37.2 Å². The number of hydrogen-bond acceptors (Lipinski definition) is 6. The summed E-state index contributed by atoms with van der Waals surface area (Å²) >= 11 is 0. The molecule has 5 rings (SSSR count). The summed E-state index contributed by atoms with van der Waals surface area (Å²) < 4.78 is 1.92. The van der Waals surface area contributed by atoms with Crippen molar-refractivity contribution in [2.24, 2.45) is 0 Å². The molecule has 0 radical (unpaired) electrons. The topological polar surface area (TPSA) is 72.6 Å². The number of rotatable bonds is 4. The van der Waals surface area contributed by atoms with Gasteiger partial charge >= 0.3 is 0 Å². The summed E-state index contributed by atoms with van der Waals surface area (Å²) in [6.45, 7) is 1.89. The fourth-order valence-corrected chi connectivity index (χ4v) is 4.13. The summed E-state index contributed by atoms with van der Waals surface area (Å²) in [7, 11) is 0. The largest absolute Gasteiger partial charge is 0.351 e. The Bertz CT molecular complexity index is 892. The molecule has 1 aliphatic heterocycles. The average Bonchev–Trinajstić information content (AvgIpc) is 3.44. The molecule has 3 aromatic heterocycles. The maximum Gasteiger partial charge on any atom is 0.161 e. The van der Waals surface area contributed by atoms with E-state index in [2.05, 4.69) is 20.0 Å². The number of aromatic nitrogens is 6. The zero-order valence-electron chi connectivity index (χ0n) is 14.6. The first kappa shape index (κ1) is 15.4. The molecular formula is C19H21N7. The van der Waals surface area contributed by atoms with Crippen LogP contribution in [0.4, 0.5) is 5.82 Å². The smallest absolute Gasteiger partial charge is 0.161 e. The molecule has 0 aromatic carbocycles. The lowest BCUT2D eigenvalue weighted by atomic mass is 10.1. The SMILES string of the molecule is c1cc(-c2nc3c(c(N4CCC[C@H]4Cn4cncn4)n2)CCC3)ccn1. The first-order chi connectivity index (χ1) is 12.9. The molecule has 0 bridgehead atoms. The fourth-order valence-electron chi connectivity index (χ4n) is 4.13. The summed E-state index contributed by atoms with van der Waals surface area (Å²) in [6.07, 6.45) is 12.6. The van der Waals surface area contributed by atoms with E-state index in [-0.39, 0.29) is 0 Å². The quantitative estimate of drug-likeness (QED) is 0.721. The van der Waals surface area contributed by atoms with Gasteiger partial charge in [0.15, 0.2) is 5.82 Å². The van der Waals surface area contributed by atoms with E-state index in [1.807, 2.05) is 16.8 Å². The number of nitrogens with zero attached hydrogens (tertiary/aromatic N) is 7. The minimum absolute atomic E-state index is 0.404. The molecular weight excluding hydrogens is 326 g/mol. The van der Waals surface area contributed by atoms with Gasteiger partial charge in [-0.25, -0.2) is 15.0 Å². The maximum atomic E-state index is 5.02. The number of hydrogen-bond donors (Lipinski definition) is 0. The normalized spacial score (nSPS) is 19.1. The molecule has 7 nitrogen and oxygen atoms in total. The Morgan fingerprint density at radius 3 is 2.81 bits per heavy atom. The maximum absolute atomic E-state index is 5.02. The highest BCUT2D eigenvalue weighted by atomic mass is 15.3. The lowest BCUT2D eigenvalue weighted by Crippen LogP contribution is -2.34. The second kappa shape index (κ2) is 6.48. The van der Waals surface area contributed by atoms with Crippen LogP contribution < -0.4 is 4.90 Å². The molecule has 1 saturated heterocycles. The van der Waals surface area contributed by atoms with E-state index in [9.17, 15) is 0 Å². The molecule has 0 unspecified atom stereocenters. The van der Waals surface area contributed by atoms with Gasteiger partial charge in [0.05, 0.1) is 12.6 Å². The molecule has 0 N–H and O–H groups in total. The van der Waals surface area contributed by atoms with E-state index in [0.29, 0.717) is 6.04 Å². The molecule has 3 aromatic rings. The van der Waals surface area contributed by atoms with Crippen molar-refractivity contribution in [3.63, 3.8) is 0 Å². The van der Waals surface area contributed by atoms with Crippen molar-refractivity contribution in [2.75, 3.05) is 11.4 Å². The van der Waals surface area contributed by atoms with Gasteiger partial charge in [-0.3, -0.25) is 9.67 Å². The van der Waals surface area contributed by atoms with Crippen molar-refractivity contribution in [3.05, 3.63) is 48.4 Å². The lowest BCUT2D eigenvalue weighted by molar-refractivity contribution is 0.505. The molecule has 1 atom stereocenters. The van der Waals surface area contributed by atoms with Crippen LogP contribution in [0.1, 0.15) is 30.5 Å². The molecule has 26 heavy (non-hydrogen) atoms. The molecule has 4 heterocycles. The number of aryl methyl sites for hydroxylation is 1. The molecule has 0 spiro atoms. The van der Waals surface area contributed by atoms with Gasteiger partial charge in [0.2, 0.25) is 0 Å². The zero-order chi connectivity index (χ0) is 17.3. The van der Waals surface area contributed by atoms with Crippen molar-refractivity contribution in [1.29, 1.82) is 0 Å². The van der Waals surface area contributed by atoms with Crippen molar-refractivity contribution in [2.45, 2.75) is 44.7 Å². The Labute approximate surface area is 152 Å². The van der Waals surface area contributed by atoms with Crippen LogP contribution in [0.25, 0.3) is 11.4 Å². The van der Waals surface area contributed by atoms with Crippen LogP contribution in [-0.4, -0.2) is 42.3 Å². The minimum Gasteiger partial charge on any atom is -0.351 e. The van der Waals surface area contributed by atoms with Crippen molar-refractivity contribution in [1.82, 2.24) is 29.7 Å². The summed E-state index contributed by atoms with van der Waals surface area (Å²) in [4.78, 5) is 20.5. The van der Waals surface area contributed by atoms with Crippen LogP contribution >= 0.6 is 0 Å². The summed E-state index contributed by atoms with van der Waals surface area (Å²) in [5.41, 5.74) is 3.59. The Kier molecular flexibility index (Phi) is 3.84. The predicted molar refractivity (Wildman–Crippen MR) is 97.7 cm³/mol. The third-order valence-electron chi connectivity index (χ3n) is 5.36. The van der Waals surface area contributed by atoms with Crippen molar-refractivity contribution >= 4 is 5.82 Å². The zero-order valence-corrected chi connectivity index (χ0v) is 14.6. The van der Waals surface area contributed by atoms with Gasteiger partial charge < -0.3 is 4.90 Å². The van der Waals surface area contributed by atoms with Crippen LogP contribution in [0.2, 0.25) is 0 Å². The van der Waals surface area contributed by atoms with E-state index in [0.717, 1.165) is 49.6 Å². The third-order valence-corrected chi connectivity index (χ3v) is 5.36. The van der Waals surface area contributed by atoms with E-state index in [1.165, 1.54) is 24.1 Å². The average molecular weight is 347 g/mol. The molecule has 1 fully saturated rings. The van der Waals surface area contributed by atoms with Gasteiger partial charge in [0.1, 0.15) is 18.5 Å². The van der Waals surface area contributed by atoms with Gasteiger partial charge in [-0.15, -0.1) is 0 Å². The molecule has 1 aliphatic carbocycles. The van der Waals surface area contributed by atoms with E-state index in [1.54, 1.807) is 25.0 Å². The Morgan fingerprint density at radius 1 is 1.04 bits per heavy atom. The monoisotopic (exact) mass is 347 g/mol. The Hall–Kier alpha value is -2.83. The van der Waals surface area contributed by atoms with Crippen LogP contribution in [-0.2, 0) is 19.4 Å². The second-order valence-corrected chi connectivity index (χ2v) is 6.99. The molecule has 0 saturated carbocycles. The Morgan fingerprint density at radius 2 is 1.96 bits per heavy atom. The standard InChI is InChI=1S/C19H21N7/c1-4-16-17(5-1)23-18(14-6-8-20-9-7-14)24-19(16)26-10-2-3-15(26)11-25-13-21-12-22-25/h6-9,12-13,15H,1-5,10-11H2/t15-/m0/s1. The van der Waals surface area contributed by atoms with E-state index >= 15 is 0 Å². The van der Waals surface area contributed by atoms with E-state index < -0.39 is 0 Å². The molecule has 132 valence electrons. The highest BCUT2D eigenvalue weighted by Gasteiger charge is 2.31. The first-order valence-electron chi connectivity index (χ1n) is 9.28. The second-order valence-electron chi connectivity index (χ2n) is 6.99. The molecule has 0 amide bonds. The number of anilines is 1. The summed E-state index contributed by atoms with van der Waals surface area (Å²) in [5, 5.41) is 4.28. The van der Waals surface area contributed by atoms with Gasteiger partial charge in [0, 0.05) is 35.8 Å². The predicted octanol–water partition coefficient (Wildman–Crippen LogP) is 2.29. The number of pyridine rings is 1. The van der Waals surface area contributed by atoms with Gasteiger partial charge in [-0.2, -0.15) is 5.10 Å². The Balaban J connectivity index is 1.54. The lowest BCUT2D eigenvalue weighted by Gasteiger charge is -2.28. The summed E-state index contributed by atoms with van der Waals surface area (Å²) in [5.74, 6) is 1.94. The van der Waals surface area contributed by atoms with Crippen molar-refractivity contribution < 1.29 is 0 Å².